The third-order valence-electron chi connectivity index (χ3n) is 3.23. The zero-order valence-corrected chi connectivity index (χ0v) is 15.6. The van der Waals surface area contributed by atoms with E-state index < -0.39 is 26.9 Å². The average molecular weight is 418 g/mol. The standard InChI is InChI=1S/C15H13Cl2N3O5S/c1-9(15(21)18-11-3-2-4-12(8-11)20(22)23)19-26(24,25)14-7-10(16)5-6-13(14)17/h2-9,19H,1H3,(H,18,21). The van der Waals surface area contributed by atoms with Crippen molar-refractivity contribution in [1.29, 1.82) is 0 Å². The molecule has 2 rings (SSSR count). The molecule has 0 spiro atoms. The summed E-state index contributed by atoms with van der Waals surface area (Å²) < 4.78 is 27.0. The highest BCUT2D eigenvalue weighted by atomic mass is 35.5. The molecule has 0 saturated heterocycles. The Hall–Kier alpha value is -2.20. The number of hydrogen-bond donors (Lipinski definition) is 2. The minimum absolute atomic E-state index is 0.0480. The molecule has 0 aliphatic carbocycles. The summed E-state index contributed by atoms with van der Waals surface area (Å²) in [5, 5.41) is 13.3. The number of sulfonamides is 1. The largest absolute Gasteiger partial charge is 0.324 e. The second-order valence-corrected chi connectivity index (χ2v) is 7.74. The number of anilines is 1. The Labute approximate surface area is 159 Å². The third-order valence-corrected chi connectivity index (χ3v) is 5.49. The fraction of sp³-hybridized carbons (Fsp3) is 0.133. The Morgan fingerprint density at radius 2 is 1.88 bits per heavy atom. The van der Waals surface area contributed by atoms with Crippen LogP contribution in [0.1, 0.15) is 6.92 Å². The number of nitro groups is 1. The van der Waals surface area contributed by atoms with Crippen molar-refractivity contribution in [3.63, 3.8) is 0 Å². The molecular weight excluding hydrogens is 405 g/mol. The van der Waals surface area contributed by atoms with Gasteiger partial charge in [0, 0.05) is 22.8 Å². The summed E-state index contributed by atoms with van der Waals surface area (Å²) in [5.74, 6) is -0.702. The summed E-state index contributed by atoms with van der Waals surface area (Å²) in [5.41, 5.74) is -0.0437. The molecule has 0 aliphatic heterocycles. The van der Waals surface area contributed by atoms with Gasteiger partial charge in [-0.25, -0.2) is 8.42 Å². The Balaban J connectivity index is 2.14. The first-order chi connectivity index (χ1) is 12.1. The van der Waals surface area contributed by atoms with Gasteiger partial charge in [0.25, 0.3) is 5.69 Å². The van der Waals surface area contributed by atoms with Crippen LogP contribution in [0.3, 0.4) is 0 Å². The first-order valence-corrected chi connectivity index (χ1v) is 9.37. The van der Waals surface area contributed by atoms with Crippen LogP contribution in [-0.2, 0) is 14.8 Å². The minimum atomic E-state index is -4.11. The van der Waals surface area contributed by atoms with Crippen LogP contribution < -0.4 is 10.0 Å². The molecular formula is C15H13Cl2N3O5S. The SMILES string of the molecule is CC(NS(=O)(=O)c1cc(Cl)ccc1Cl)C(=O)Nc1cccc([N+](=O)[O-])c1. The number of nitrogens with zero attached hydrogens (tertiary/aromatic N) is 1. The number of nitro benzene ring substituents is 1. The van der Waals surface area contributed by atoms with E-state index in [9.17, 15) is 23.3 Å². The Kier molecular flexibility index (Phi) is 6.19. The van der Waals surface area contributed by atoms with Gasteiger partial charge in [-0.1, -0.05) is 29.3 Å². The molecule has 11 heteroatoms. The van der Waals surface area contributed by atoms with E-state index in [4.69, 9.17) is 23.2 Å². The number of amides is 1. The molecule has 0 fully saturated rings. The quantitative estimate of drug-likeness (QED) is 0.552. The molecule has 2 N–H and O–H groups in total. The van der Waals surface area contributed by atoms with E-state index in [1.165, 1.54) is 37.3 Å². The van der Waals surface area contributed by atoms with E-state index in [2.05, 4.69) is 10.0 Å². The summed E-state index contributed by atoms with van der Waals surface area (Å²) in [6, 6.07) is 8.02. The predicted molar refractivity (Wildman–Crippen MR) is 98.0 cm³/mol. The van der Waals surface area contributed by atoms with Crippen LogP contribution in [0, 0.1) is 10.1 Å². The van der Waals surface area contributed by atoms with Gasteiger partial charge in [-0.05, 0) is 31.2 Å². The highest BCUT2D eigenvalue weighted by Gasteiger charge is 2.24. The van der Waals surface area contributed by atoms with Gasteiger partial charge in [0.15, 0.2) is 0 Å². The van der Waals surface area contributed by atoms with E-state index in [-0.39, 0.29) is 26.3 Å². The third kappa shape index (κ3) is 4.92. The first kappa shape index (κ1) is 20.1. The maximum atomic E-state index is 12.4. The van der Waals surface area contributed by atoms with Crippen LogP contribution in [0.25, 0.3) is 0 Å². The topological polar surface area (TPSA) is 118 Å². The van der Waals surface area contributed by atoms with Crippen molar-refractivity contribution in [1.82, 2.24) is 4.72 Å². The maximum Gasteiger partial charge on any atom is 0.271 e. The molecule has 0 saturated carbocycles. The molecule has 0 radical (unpaired) electrons. The number of carbonyl (C=O) groups is 1. The number of non-ortho nitro benzene ring substituents is 1. The first-order valence-electron chi connectivity index (χ1n) is 7.13. The molecule has 1 atom stereocenters. The van der Waals surface area contributed by atoms with Crippen molar-refractivity contribution in [3.8, 4) is 0 Å². The van der Waals surface area contributed by atoms with Gasteiger partial charge in [-0.2, -0.15) is 4.72 Å². The van der Waals surface area contributed by atoms with Crippen molar-refractivity contribution in [2.24, 2.45) is 0 Å². The summed E-state index contributed by atoms with van der Waals surface area (Å²) in [6.45, 7) is 1.32. The van der Waals surface area contributed by atoms with Crippen LogP contribution in [0.4, 0.5) is 11.4 Å². The lowest BCUT2D eigenvalue weighted by molar-refractivity contribution is -0.384. The Morgan fingerprint density at radius 1 is 1.19 bits per heavy atom. The summed E-state index contributed by atoms with van der Waals surface area (Å²) >= 11 is 11.7. The number of halogens is 2. The number of hydrogen-bond acceptors (Lipinski definition) is 5. The highest BCUT2D eigenvalue weighted by molar-refractivity contribution is 7.89. The van der Waals surface area contributed by atoms with Crippen LogP contribution >= 0.6 is 23.2 Å². The number of rotatable bonds is 6. The van der Waals surface area contributed by atoms with Crippen LogP contribution in [-0.4, -0.2) is 25.3 Å². The fourth-order valence-electron chi connectivity index (χ4n) is 1.98. The second kappa shape index (κ2) is 8.00. The summed E-state index contributed by atoms with van der Waals surface area (Å²) in [4.78, 5) is 22.1. The normalized spacial score (nSPS) is 12.4. The second-order valence-electron chi connectivity index (χ2n) is 5.21. The molecule has 8 nitrogen and oxygen atoms in total. The van der Waals surface area contributed by atoms with Crippen molar-refractivity contribution < 1.29 is 18.1 Å². The molecule has 0 aromatic heterocycles. The highest BCUT2D eigenvalue weighted by Crippen LogP contribution is 2.25. The smallest absolute Gasteiger partial charge is 0.271 e. The fourth-order valence-corrected chi connectivity index (χ4v) is 3.95. The Bertz CT molecular complexity index is 966. The molecule has 0 bridgehead atoms. The van der Waals surface area contributed by atoms with Crippen LogP contribution in [0.2, 0.25) is 10.0 Å². The van der Waals surface area contributed by atoms with Crippen LogP contribution in [0.5, 0.6) is 0 Å². The van der Waals surface area contributed by atoms with Gasteiger partial charge in [0.2, 0.25) is 15.9 Å². The lowest BCUT2D eigenvalue weighted by atomic mass is 10.2. The van der Waals surface area contributed by atoms with Crippen LogP contribution in [0.15, 0.2) is 47.4 Å². The molecule has 1 unspecified atom stereocenters. The maximum absolute atomic E-state index is 12.4. The van der Waals surface area contributed by atoms with Gasteiger partial charge in [-0.3, -0.25) is 14.9 Å². The predicted octanol–water partition coefficient (Wildman–Crippen LogP) is 3.21. The van der Waals surface area contributed by atoms with Gasteiger partial charge in [0.1, 0.15) is 4.90 Å². The van der Waals surface area contributed by atoms with E-state index in [0.29, 0.717) is 0 Å². The molecule has 1 amide bonds. The zero-order chi connectivity index (χ0) is 19.5. The zero-order valence-electron chi connectivity index (χ0n) is 13.3. The van der Waals surface area contributed by atoms with Gasteiger partial charge >= 0.3 is 0 Å². The monoisotopic (exact) mass is 417 g/mol. The van der Waals surface area contributed by atoms with E-state index in [1.807, 2.05) is 0 Å². The number of carbonyl (C=O) groups excluding carboxylic acids is 1. The summed E-state index contributed by atoms with van der Waals surface area (Å²) in [6.07, 6.45) is 0. The van der Waals surface area contributed by atoms with Crippen molar-refractivity contribution in [2.75, 3.05) is 5.32 Å². The van der Waals surface area contributed by atoms with Crippen molar-refractivity contribution in [3.05, 3.63) is 62.6 Å². The van der Waals surface area contributed by atoms with Gasteiger partial charge < -0.3 is 5.32 Å². The lowest BCUT2D eigenvalue weighted by Crippen LogP contribution is -2.41. The molecule has 2 aromatic rings. The minimum Gasteiger partial charge on any atom is -0.324 e. The van der Waals surface area contributed by atoms with Gasteiger partial charge in [0.05, 0.1) is 16.0 Å². The molecule has 0 heterocycles. The average Bonchev–Trinajstić information content (AvgIpc) is 2.56. The number of benzene rings is 2. The number of nitrogens with one attached hydrogen (secondary N) is 2. The molecule has 2 aromatic carbocycles. The van der Waals surface area contributed by atoms with E-state index in [0.717, 1.165) is 12.1 Å². The van der Waals surface area contributed by atoms with Crippen molar-refractivity contribution in [2.45, 2.75) is 17.9 Å². The lowest BCUT2D eigenvalue weighted by Gasteiger charge is -2.15. The van der Waals surface area contributed by atoms with Gasteiger partial charge in [-0.15, -0.1) is 0 Å². The molecule has 0 aliphatic rings. The van der Waals surface area contributed by atoms with Crippen molar-refractivity contribution >= 4 is 50.5 Å². The Morgan fingerprint density at radius 3 is 2.54 bits per heavy atom. The van der Waals surface area contributed by atoms with E-state index >= 15 is 0 Å². The van der Waals surface area contributed by atoms with E-state index in [1.54, 1.807) is 0 Å². The molecule has 138 valence electrons. The molecule has 26 heavy (non-hydrogen) atoms. The summed E-state index contributed by atoms with van der Waals surface area (Å²) in [7, 11) is -4.11.